The number of hydrogen-bond donors (Lipinski definition) is 1. The summed E-state index contributed by atoms with van der Waals surface area (Å²) in [5, 5.41) is 11.1. The minimum absolute atomic E-state index is 0.132. The number of nitrogens with zero attached hydrogens (tertiary/aromatic N) is 4. The van der Waals surface area contributed by atoms with Gasteiger partial charge in [-0.15, -0.1) is 5.10 Å². The molecule has 2 fully saturated rings. The van der Waals surface area contributed by atoms with Crippen LogP contribution >= 0.6 is 0 Å². The van der Waals surface area contributed by atoms with Crippen molar-refractivity contribution in [2.24, 2.45) is 0 Å². The fraction of sp³-hybridized carbons (Fsp3) is 0.375. The Morgan fingerprint density at radius 3 is 2.58 bits per heavy atom. The van der Waals surface area contributed by atoms with E-state index < -0.39 is 0 Å². The molecular formula is C24H27N5O2. The zero-order valence-corrected chi connectivity index (χ0v) is 17.6. The van der Waals surface area contributed by atoms with Gasteiger partial charge in [-0.25, -0.2) is 4.68 Å². The lowest BCUT2D eigenvalue weighted by molar-refractivity contribution is 0.0672. The molecule has 1 unspecified atom stereocenters. The molecule has 7 heteroatoms. The standard InChI is InChI=1S/C24H27N5O2/c1-17(19-9-7-18(8-10-19)16-31-22-5-3-2-4-6-22)28-13-20(14-28)25-24(30)23-15-29(27-26-23)21-11-12-21/h2-10,15,17,20-21H,11-14,16H2,1H3,(H,25,30). The molecule has 0 radical (unpaired) electrons. The molecule has 1 saturated carbocycles. The van der Waals surface area contributed by atoms with Crippen molar-refractivity contribution in [2.45, 2.75) is 44.5 Å². The third-order valence-electron chi connectivity index (χ3n) is 6.07. The van der Waals surface area contributed by atoms with Gasteiger partial charge in [0.15, 0.2) is 5.69 Å². The molecule has 1 aliphatic carbocycles. The molecule has 1 atom stereocenters. The van der Waals surface area contributed by atoms with Crippen molar-refractivity contribution in [2.75, 3.05) is 13.1 Å². The van der Waals surface area contributed by atoms with Gasteiger partial charge in [0.1, 0.15) is 12.4 Å². The third kappa shape index (κ3) is 4.61. The predicted octanol–water partition coefficient (Wildman–Crippen LogP) is 3.37. The van der Waals surface area contributed by atoms with Gasteiger partial charge in [0, 0.05) is 19.1 Å². The van der Waals surface area contributed by atoms with Crippen LogP contribution in [0.25, 0.3) is 0 Å². The molecule has 31 heavy (non-hydrogen) atoms. The Kier molecular flexibility index (Phi) is 5.42. The zero-order chi connectivity index (χ0) is 21.2. The van der Waals surface area contributed by atoms with E-state index in [1.807, 2.05) is 30.3 Å². The predicted molar refractivity (Wildman–Crippen MR) is 117 cm³/mol. The van der Waals surface area contributed by atoms with Crippen molar-refractivity contribution < 1.29 is 9.53 Å². The monoisotopic (exact) mass is 417 g/mol. The van der Waals surface area contributed by atoms with Crippen LogP contribution < -0.4 is 10.1 Å². The first kappa shape index (κ1) is 19.8. The highest BCUT2D eigenvalue weighted by Crippen LogP contribution is 2.33. The summed E-state index contributed by atoms with van der Waals surface area (Å²) < 4.78 is 7.62. The van der Waals surface area contributed by atoms with Gasteiger partial charge in [-0.2, -0.15) is 0 Å². The Bertz CT molecular complexity index is 1020. The van der Waals surface area contributed by atoms with Crippen LogP contribution in [0.5, 0.6) is 5.75 Å². The number of likely N-dealkylation sites (tertiary alicyclic amines) is 1. The second kappa shape index (κ2) is 8.51. The van der Waals surface area contributed by atoms with Crippen molar-refractivity contribution >= 4 is 5.91 Å². The zero-order valence-electron chi connectivity index (χ0n) is 17.6. The maximum absolute atomic E-state index is 12.4. The van der Waals surface area contributed by atoms with Gasteiger partial charge in [-0.05, 0) is 43.0 Å². The highest BCUT2D eigenvalue weighted by atomic mass is 16.5. The summed E-state index contributed by atoms with van der Waals surface area (Å²) in [7, 11) is 0. The van der Waals surface area contributed by atoms with Crippen molar-refractivity contribution in [3.05, 3.63) is 77.6 Å². The lowest BCUT2D eigenvalue weighted by Crippen LogP contribution is -2.59. The van der Waals surface area contributed by atoms with Crippen molar-refractivity contribution in [3.63, 3.8) is 0 Å². The molecule has 1 aliphatic heterocycles. The maximum Gasteiger partial charge on any atom is 0.273 e. The van der Waals surface area contributed by atoms with E-state index >= 15 is 0 Å². The number of carbonyl (C=O) groups excluding carboxylic acids is 1. The van der Waals surface area contributed by atoms with E-state index in [1.165, 1.54) is 5.56 Å². The average molecular weight is 418 g/mol. The molecule has 2 aromatic carbocycles. The Labute approximate surface area is 182 Å². The summed E-state index contributed by atoms with van der Waals surface area (Å²) in [5.74, 6) is 0.746. The molecule has 2 heterocycles. The first-order chi connectivity index (χ1) is 15.2. The van der Waals surface area contributed by atoms with Crippen LogP contribution in [-0.2, 0) is 6.61 Å². The van der Waals surface area contributed by atoms with Crippen molar-refractivity contribution in [3.8, 4) is 5.75 Å². The number of aromatic nitrogens is 3. The second-order valence-corrected chi connectivity index (χ2v) is 8.46. The maximum atomic E-state index is 12.4. The molecule has 7 nitrogen and oxygen atoms in total. The lowest BCUT2D eigenvalue weighted by atomic mass is 9.99. The molecule has 160 valence electrons. The number of para-hydroxylation sites is 1. The van der Waals surface area contributed by atoms with Crippen LogP contribution in [0.3, 0.4) is 0 Å². The van der Waals surface area contributed by atoms with E-state index in [1.54, 1.807) is 10.9 Å². The molecule has 1 amide bonds. The summed E-state index contributed by atoms with van der Waals surface area (Å²) in [4.78, 5) is 14.8. The fourth-order valence-corrected chi connectivity index (χ4v) is 3.86. The van der Waals surface area contributed by atoms with E-state index in [0.29, 0.717) is 24.4 Å². The number of nitrogens with one attached hydrogen (secondary N) is 1. The second-order valence-electron chi connectivity index (χ2n) is 8.46. The van der Waals surface area contributed by atoms with Crippen LogP contribution in [0.1, 0.15) is 53.5 Å². The van der Waals surface area contributed by atoms with Crippen LogP contribution in [0.15, 0.2) is 60.8 Å². The Morgan fingerprint density at radius 2 is 1.87 bits per heavy atom. The summed E-state index contributed by atoms with van der Waals surface area (Å²) in [5.41, 5.74) is 2.82. The van der Waals surface area contributed by atoms with Crippen LogP contribution in [0.4, 0.5) is 0 Å². The summed E-state index contributed by atoms with van der Waals surface area (Å²) in [6.45, 7) is 4.43. The highest BCUT2D eigenvalue weighted by molar-refractivity contribution is 5.92. The van der Waals surface area contributed by atoms with Crippen LogP contribution in [-0.4, -0.2) is 44.9 Å². The molecule has 1 aromatic heterocycles. The van der Waals surface area contributed by atoms with E-state index in [2.05, 4.69) is 51.7 Å². The Morgan fingerprint density at radius 1 is 1.13 bits per heavy atom. The lowest BCUT2D eigenvalue weighted by Gasteiger charge is -2.43. The number of carbonyl (C=O) groups is 1. The summed E-state index contributed by atoms with van der Waals surface area (Å²) in [6, 6.07) is 19.3. The minimum atomic E-state index is -0.132. The van der Waals surface area contributed by atoms with Crippen LogP contribution in [0, 0.1) is 0 Å². The van der Waals surface area contributed by atoms with Gasteiger partial charge in [0.05, 0.1) is 18.3 Å². The van der Waals surface area contributed by atoms with E-state index in [-0.39, 0.29) is 11.9 Å². The topological polar surface area (TPSA) is 72.3 Å². The number of hydrogen-bond acceptors (Lipinski definition) is 5. The summed E-state index contributed by atoms with van der Waals surface area (Å²) >= 11 is 0. The SMILES string of the molecule is CC(c1ccc(COc2ccccc2)cc1)N1CC(NC(=O)c2cn(C3CC3)nn2)C1. The molecule has 3 aromatic rings. The molecule has 1 saturated heterocycles. The largest absolute Gasteiger partial charge is 0.489 e. The number of ether oxygens (including phenoxy) is 1. The molecule has 5 rings (SSSR count). The van der Waals surface area contributed by atoms with E-state index in [0.717, 1.165) is 37.2 Å². The number of benzene rings is 2. The smallest absolute Gasteiger partial charge is 0.273 e. The van der Waals surface area contributed by atoms with E-state index in [4.69, 9.17) is 4.74 Å². The molecule has 0 spiro atoms. The molecule has 1 N–H and O–H groups in total. The number of rotatable bonds is 8. The Hall–Kier alpha value is -3.19. The van der Waals surface area contributed by atoms with Gasteiger partial charge < -0.3 is 10.1 Å². The highest BCUT2D eigenvalue weighted by Gasteiger charge is 2.33. The van der Waals surface area contributed by atoms with Gasteiger partial charge in [-0.1, -0.05) is 47.7 Å². The number of amides is 1. The molecular weight excluding hydrogens is 390 g/mol. The van der Waals surface area contributed by atoms with E-state index in [9.17, 15) is 4.79 Å². The molecule has 0 bridgehead atoms. The average Bonchev–Trinajstić information content (AvgIpc) is 3.51. The van der Waals surface area contributed by atoms with Gasteiger partial charge in [0.25, 0.3) is 5.91 Å². The Balaban J connectivity index is 1.08. The first-order valence-corrected chi connectivity index (χ1v) is 10.9. The third-order valence-corrected chi connectivity index (χ3v) is 6.07. The van der Waals surface area contributed by atoms with Crippen LogP contribution in [0.2, 0.25) is 0 Å². The first-order valence-electron chi connectivity index (χ1n) is 10.9. The van der Waals surface area contributed by atoms with Crippen molar-refractivity contribution in [1.82, 2.24) is 25.2 Å². The quantitative estimate of drug-likeness (QED) is 0.608. The van der Waals surface area contributed by atoms with Gasteiger partial charge in [-0.3, -0.25) is 9.69 Å². The fourth-order valence-electron chi connectivity index (χ4n) is 3.86. The minimum Gasteiger partial charge on any atom is -0.489 e. The van der Waals surface area contributed by atoms with Gasteiger partial charge >= 0.3 is 0 Å². The molecule has 2 aliphatic rings. The van der Waals surface area contributed by atoms with Crippen molar-refractivity contribution in [1.29, 1.82) is 0 Å². The normalized spacial score (nSPS) is 17.7. The summed E-state index contributed by atoms with van der Waals surface area (Å²) in [6.07, 6.45) is 4.01. The van der Waals surface area contributed by atoms with Gasteiger partial charge in [0.2, 0.25) is 0 Å².